The minimum absolute atomic E-state index is 0.0954. The van der Waals surface area contributed by atoms with Crippen molar-refractivity contribution in [3.05, 3.63) is 77.0 Å². The SMILES string of the molecule is CC(c1cc2ccccc2o1)N(C)C(=O)Cc1csc(-c2ccc(C(F)(F)F)cc2)n1. The number of hydrogen-bond acceptors (Lipinski definition) is 4. The van der Waals surface area contributed by atoms with E-state index >= 15 is 0 Å². The highest BCUT2D eigenvalue weighted by molar-refractivity contribution is 7.13. The van der Waals surface area contributed by atoms with Crippen LogP contribution in [0.2, 0.25) is 0 Å². The predicted octanol–water partition coefficient (Wildman–Crippen LogP) is 6.34. The van der Waals surface area contributed by atoms with Crippen LogP contribution in [0.4, 0.5) is 13.2 Å². The van der Waals surface area contributed by atoms with Crippen LogP contribution >= 0.6 is 11.3 Å². The molecule has 4 rings (SSSR count). The molecule has 8 heteroatoms. The molecule has 0 N–H and O–H groups in total. The first kappa shape index (κ1) is 21.1. The summed E-state index contributed by atoms with van der Waals surface area (Å²) in [5.41, 5.74) is 1.23. The van der Waals surface area contributed by atoms with Crippen LogP contribution in [0, 0.1) is 0 Å². The number of carbonyl (C=O) groups is 1. The molecule has 1 unspecified atom stereocenters. The molecule has 2 heterocycles. The smallest absolute Gasteiger partial charge is 0.416 e. The molecule has 0 aliphatic rings. The van der Waals surface area contributed by atoms with Gasteiger partial charge in [0.05, 0.1) is 23.7 Å². The Hall–Kier alpha value is -3.13. The maximum Gasteiger partial charge on any atom is 0.416 e. The number of rotatable bonds is 5. The van der Waals surface area contributed by atoms with Crippen LogP contribution in [0.3, 0.4) is 0 Å². The van der Waals surface area contributed by atoms with Crippen LogP contribution in [0.5, 0.6) is 0 Å². The van der Waals surface area contributed by atoms with E-state index in [0.29, 0.717) is 22.0 Å². The lowest BCUT2D eigenvalue weighted by Gasteiger charge is -2.23. The van der Waals surface area contributed by atoms with E-state index in [1.807, 2.05) is 37.3 Å². The van der Waals surface area contributed by atoms with Crippen molar-refractivity contribution in [1.82, 2.24) is 9.88 Å². The molecule has 0 aliphatic carbocycles. The molecular formula is C23H19F3N2O2S. The van der Waals surface area contributed by atoms with Crippen molar-refractivity contribution >= 4 is 28.2 Å². The van der Waals surface area contributed by atoms with Crippen LogP contribution in [-0.4, -0.2) is 22.8 Å². The highest BCUT2D eigenvalue weighted by Gasteiger charge is 2.30. The quantitative estimate of drug-likeness (QED) is 0.361. The summed E-state index contributed by atoms with van der Waals surface area (Å²) in [6, 6.07) is 14.2. The van der Waals surface area contributed by atoms with E-state index in [1.54, 1.807) is 17.3 Å². The van der Waals surface area contributed by atoms with Crippen LogP contribution < -0.4 is 0 Å². The minimum Gasteiger partial charge on any atom is -0.459 e. The van der Waals surface area contributed by atoms with Crippen LogP contribution in [0.15, 0.2) is 64.4 Å². The second-order valence-corrected chi connectivity index (χ2v) is 8.12. The third-order valence-corrected chi connectivity index (χ3v) is 6.11. The van der Waals surface area contributed by atoms with Gasteiger partial charge in [-0.25, -0.2) is 4.98 Å². The van der Waals surface area contributed by atoms with E-state index in [4.69, 9.17) is 4.42 Å². The number of para-hydroxylation sites is 1. The Bertz CT molecular complexity index is 1180. The number of halogens is 3. The van der Waals surface area contributed by atoms with Gasteiger partial charge in [-0.1, -0.05) is 30.3 Å². The minimum atomic E-state index is -4.37. The molecule has 4 nitrogen and oxygen atoms in total. The van der Waals surface area contributed by atoms with Crippen molar-refractivity contribution in [2.24, 2.45) is 0 Å². The summed E-state index contributed by atoms with van der Waals surface area (Å²) in [6.07, 6.45) is -4.28. The zero-order valence-corrected chi connectivity index (χ0v) is 17.6. The first-order chi connectivity index (χ1) is 14.7. The molecule has 31 heavy (non-hydrogen) atoms. The Morgan fingerprint density at radius 2 is 1.87 bits per heavy atom. The molecule has 160 valence electrons. The summed E-state index contributed by atoms with van der Waals surface area (Å²) in [7, 11) is 1.71. The maximum absolute atomic E-state index is 12.8. The number of amides is 1. The Labute approximate surface area is 180 Å². The van der Waals surface area contributed by atoms with Crippen molar-refractivity contribution in [2.45, 2.75) is 25.6 Å². The van der Waals surface area contributed by atoms with Crippen molar-refractivity contribution in [1.29, 1.82) is 0 Å². The van der Waals surface area contributed by atoms with Crippen molar-refractivity contribution in [3.63, 3.8) is 0 Å². The normalized spacial score (nSPS) is 12.8. The van der Waals surface area contributed by atoms with Crippen molar-refractivity contribution in [3.8, 4) is 10.6 Å². The Balaban J connectivity index is 1.44. The number of benzene rings is 2. The number of alkyl halides is 3. The van der Waals surface area contributed by atoms with Gasteiger partial charge in [0.2, 0.25) is 5.91 Å². The molecule has 4 aromatic rings. The van der Waals surface area contributed by atoms with Gasteiger partial charge in [0.15, 0.2) is 0 Å². The average Bonchev–Trinajstić information content (AvgIpc) is 3.39. The lowest BCUT2D eigenvalue weighted by atomic mass is 10.1. The fourth-order valence-corrected chi connectivity index (χ4v) is 4.04. The molecule has 0 aliphatic heterocycles. The fourth-order valence-electron chi connectivity index (χ4n) is 3.22. The zero-order chi connectivity index (χ0) is 22.2. The van der Waals surface area contributed by atoms with Gasteiger partial charge in [-0.05, 0) is 31.2 Å². The highest BCUT2D eigenvalue weighted by atomic mass is 32.1. The molecule has 2 aromatic heterocycles. The zero-order valence-electron chi connectivity index (χ0n) is 16.8. The summed E-state index contributed by atoms with van der Waals surface area (Å²) in [5.74, 6) is 0.568. The van der Waals surface area contributed by atoms with Crippen LogP contribution in [0.1, 0.15) is 30.0 Å². The summed E-state index contributed by atoms with van der Waals surface area (Å²) in [6.45, 7) is 1.89. The van der Waals surface area contributed by atoms with Crippen molar-refractivity contribution in [2.75, 3.05) is 7.05 Å². The van der Waals surface area contributed by atoms with Gasteiger partial charge in [-0.3, -0.25) is 4.79 Å². The van der Waals surface area contributed by atoms with E-state index in [1.165, 1.54) is 23.5 Å². The number of nitrogens with zero attached hydrogens (tertiary/aromatic N) is 2. The van der Waals surface area contributed by atoms with E-state index in [2.05, 4.69) is 4.98 Å². The first-order valence-electron chi connectivity index (χ1n) is 9.58. The lowest BCUT2D eigenvalue weighted by Crippen LogP contribution is -2.30. The summed E-state index contributed by atoms with van der Waals surface area (Å²) in [4.78, 5) is 18.8. The van der Waals surface area contributed by atoms with Gasteiger partial charge < -0.3 is 9.32 Å². The second-order valence-electron chi connectivity index (χ2n) is 7.26. The summed E-state index contributed by atoms with van der Waals surface area (Å²) >= 11 is 1.30. The lowest BCUT2D eigenvalue weighted by molar-refractivity contribution is -0.137. The molecule has 0 saturated carbocycles. The number of carbonyl (C=O) groups excluding carboxylic acids is 1. The van der Waals surface area contributed by atoms with E-state index in [0.717, 1.165) is 23.1 Å². The van der Waals surface area contributed by atoms with Gasteiger partial charge in [-0.15, -0.1) is 11.3 Å². The third kappa shape index (κ3) is 4.49. The van der Waals surface area contributed by atoms with E-state index < -0.39 is 11.7 Å². The fraction of sp³-hybridized carbons (Fsp3) is 0.217. The number of likely N-dealkylation sites (N-methyl/N-ethyl adjacent to an activating group) is 1. The number of thiazole rings is 1. The first-order valence-corrected chi connectivity index (χ1v) is 10.5. The highest BCUT2D eigenvalue weighted by Crippen LogP contribution is 2.32. The summed E-state index contributed by atoms with van der Waals surface area (Å²) < 4.78 is 44.1. The standard InChI is InChI=1S/C23H19F3N2O2S/c1-14(20-11-16-5-3-4-6-19(16)30-20)28(2)21(29)12-18-13-31-22(27-18)15-7-9-17(10-8-15)23(24,25)26/h3-11,13-14H,12H2,1-2H3. The molecule has 0 saturated heterocycles. The van der Waals surface area contributed by atoms with Crippen LogP contribution in [0.25, 0.3) is 21.5 Å². The number of furan rings is 1. The second kappa shape index (κ2) is 8.19. The molecule has 0 bridgehead atoms. The number of fused-ring (bicyclic) bond motifs is 1. The van der Waals surface area contributed by atoms with Gasteiger partial charge in [0, 0.05) is 23.4 Å². The molecule has 1 atom stereocenters. The molecule has 0 spiro atoms. The maximum atomic E-state index is 12.8. The molecule has 2 aromatic carbocycles. The van der Waals surface area contributed by atoms with E-state index in [9.17, 15) is 18.0 Å². The molecule has 0 fully saturated rings. The van der Waals surface area contributed by atoms with Crippen molar-refractivity contribution < 1.29 is 22.4 Å². The summed E-state index contributed by atoms with van der Waals surface area (Å²) in [5, 5.41) is 3.31. The monoisotopic (exact) mass is 444 g/mol. The Kier molecular flexibility index (Phi) is 5.58. The average molecular weight is 444 g/mol. The third-order valence-electron chi connectivity index (χ3n) is 5.17. The van der Waals surface area contributed by atoms with Crippen LogP contribution in [-0.2, 0) is 17.4 Å². The largest absolute Gasteiger partial charge is 0.459 e. The van der Waals surface area contributed by atoms with Gasteiger partial charge in [0.25, 0.3) is 0 Å². The van der Waals surface area contributed by atoms with Gasteiger partial charge in [-0.2, -0.15) is 13.2 Å². The number of aromatic nitrogens is 1. The number of hydrogen-bond donors (Lipinski definition) is 0. The Morgan fingerprint density at radius 3 is 2.55 bits per heavy atom. The topological polar surface area (TPSA) is 46.3 Å². The molecule has 0 radical (unpaired) electrons. The van der Waals surface area contributed by atoms with E-state index in [-0.39, 0.29) is 18.4 Å². The molecular weight excluding hydrogens is 425 g/mol. The van der Waals surface area contributed by atoms with Gasteiger partial charge >= 0.3 is 6.18 Å². The Morgan fingerprint density at radius 1 is 1.16 bits per heavy atom. The molecule has 1 amide bonds. The predicted molar refractivity (Wildman–Crippen MR) is 114 cm³/mol. The van der Waals surface area contributed by atoms with Gasteiger partial charge in [0.1, 0.15) is 16.4 Å².